The fourth-order valence-corrected chi connectivity index (χ4v) is 2.25. The van der Waals surface area contributed by atoms with Crippen molar-refractivity contribution >= 4 is 41.8 Å². The molecule has 1 fully saturated rings. The predicted octanol–water partition coefficient (Wildman–Crippen LogP) is 0.305. The highest BCUT2D eigenvalue weighted by Crippen LogP contribution is 2.10. The zero-order valence-electron chi connectivity index (χ0n) is 13.8. The van der Waals surface area contributed by atoms with Crippen LogP contribution < -0.4 is 16.0 Å². The highest BCUT2D eigenvalue weighted by Gasteiger charge is 2.25. The van der Waals surface area contributed by atoms with Crippen LogP contribution in [0.4, 0.5) is 0 Å². The van der Waals surface area contributed by atoms with Gasteiger partial charge in [-0.15, -0.1) is 24.0 Å². The number of nitrogens with zero attached hydrogens (tertiary/aromatic N) is 2. The molecule has 8 heteroatoms. The van der Waals surface area contributed by atoms with Crippen LogP contribution in [0, 0.1) is 0 Å². The van der Waals surface area contributed by atoms with Gasteiger partial charge in [0.15, 0.2) is 5.96 Å². The predicted molar refractivity (Wildman–Crippen MR) is 98.5 cm³/mol. The normalized spacial score (nSPS) is 18.0. The van der Waals surface area contributed by atoms with Crippen LogP contribution in [0.3, 0.4) is 0 Å². The number of hydrogen-bond acceptors (Lipinski definition) is 3. The second kappa shape index (κ2) is 10.6. The first-order chi connectivity index (χ1) is 9.96. The van der Waals surface area contributed by atoms with Gasteiger partial charge in [0.05, 0.1) is 6.54 Å². The molecule has 1 rings (SSSR count). The van der Waals surface area contributed by atoms with Crippen LogP contribution in [0.1, 0.15) is 33.6 Å². The van der Waals surface area contributed by atoms with E-state index in [2.05, 4.69) is 20.9 Å². The lowest BCUT2D eigenvalue weighted by Crippen LogP contribution is -2.48. The maximum absolute atomic E-state index is 11.6. The third-order valence-electron chi connectivity index (χ3n) is 3.27. The minimum Gasteiger partial charge on any atom is -0.352 e. The fraction of sp³-hybridized carbons (Fsp3) is 0.786. The molecule has 1 unspecified atom stereocenters. The van der Waals surface area contributed by atoms with Gasteiger partial charge in [-0.25, -0.2) is 0 Å². The number of amides is 2. The first-order valence-corrected chi connectivity index (χ1v) is 7.50. The Morgan fingerprint density at radius 2 is 2.05 bits per heavy atom. The lowest BCUT2D eigenvalue weighted by atomic mass is 10.3. The number of guanidine groups is 1. The average molecular weight is 425 g/mol. The molecule has 0 aromatic rings. The summed E-state index contributed by atoms with van der Waals surface area (Å²) >= 11 is 0. The summed E-state index contributed by atoms with van der Waals surface area (Å²) in [5.74, 6) is 0.699. The third kappa shape index (κ3) is 7.28. The van der Waals surface area contributed by atoms with E-state index in [1.54, 1.807) is 7.05 Å². The number of nitrogens with one attached hydrogen (secondary N) is 3. The monoisotopic (exact) mass is 425 g/mol. The van der Waals surface area contributed by atoms with Crippen LogP contribution >= 0.6 is 24.0 Å². The van der Waals surface area contributed by atoms with Crippen LogP contribution in [0.2, 0.25) is 0 Å². The molecule has 1 aliphatic rings. The molecule has 1 aliphatic heterocycles. The summed E-state index contributed by atoms with van der Waals surface area (Å²) in [6, 6.07) is 0.303. The van der Waals surface area contributed by atoms with Crippen LogP contribution in [0.25, 0.3) is 0 Å². The number of hydrogen-bond donors (Lipinski definition) is 3. The minimum absolute atomic E-state index is 0. The summed E-state index contributed by atoms with van der Waals surface area (Å²) in [4.78, 5) is 29.2. The van der Waals surface area contributed by atoms with Crippen molar-refractivity contribution in [3.8, 4) is 0 Å². The van der Waals surface area contributed by atoms with Gasteiger partial charge in [-0.05, 0) is 20.3 Å². The van der Waals surface area contributed by atoms with Gasteiger partial charge in [0, 0.05) is 38.6 Å². The molecule has 1 heterocycles. The van der Waals surface area contributed by atoms with E-state index in [0.29, 0.717) is 18.9 Å². The Hall–Kier alpha value is -1.06. The molecule has 3 N–H and O–H groups in total. The van der Waals surface area contributed by atoms with Crippen LogP contribution in [0.15, 0.2) is 4.99 Å². The molecule has 7 nitrogen and oxygen atoms in total. The molecule has 128 valence electrons. The van der Waals surface area contributed by atoms with Gasteiger partial charge in [-0.1, -0.05) is 6.92 Å². The summed E-state index contributed by atoms with van der Waals surface area (Å²) in [6.07, 6.45) is 1.43. The van der Waals surface area contributed by atoms with E-state index in [0.717, 1.165) is 13.0 Å². The zero-order valence-corrected chi connectivity index (χ0v) is 16.1. The fourth-order valence-electron chi connectivity index (χ4n) is 2.25. The lowest BCUT2D eigenvalue weighted by molar-refractivity contribution is -0.129. The molecule has 1 saturated heterocycles. The molecular formula is C14H28IN5O2. The van der Waals surface area contributed by atoms with E-state index >= 15 is 0 Å². The van der Waals surface area contributed by atoms with Crippen molar-refractivity contribution in [3.63, 3.8) is 0 Å². The maximum atomic E-state index is 11.6. The van der Waals surface area contributed by atoms with Gasteiger partial charge in [0.2, 0.25) is 11.8 Å². The SMILES string of the molecule is CCC(=O)N1CCC(NC(=NC)NCC(=O)NC(C)C)C1.I. The van der Waals surface area contributed by atoms with Gasteiger partial charge in [-0.2, -0.15) is 0 Å². The van der Waals surface area contributed by atoms with Gasteiger partial charge >= 0.3 is 0 Å². The van der Waals surface area contributed by atoms with Gasteiger partial charge < -0.3 is 20.9 Å². The van der Waals surface area contributed by atoms with Crippen molar-refractivity contribution in [2.75, 3.05) is 26.7 Å². The van der Waals surface area contributed by atoms with E-state index in [1.165, 1.54) is 0 Å². The summed E-state index contributed by atoms with van der Waals surface area (Å²) in [7, 11) is 1.67. The van der Waals surface area contributed by atoms with Crippen LogP contribution in [-0.4, -0.2) is 61.4 Å². The topological polar surface area (TPSA) is 85.8 Å². The van der Waals surface area contributed by atoms with Crippen molar-refractivity contribution < 1.29 is 9.59 Å². The Labute approximate surface area is 149 Å². The molecule has 0 bridgehead atoms. The Bertz CT molecular complexity index is 401. The number of likely N-dealkylation sites (tertiary alicyclic amines) is 1. The Kier molecular flexibility index (Phi) is 10.1. The van der Waals surface area contributed by atoms with Gasteiger partial charge in [0.25, 0.3) is 0 Å². The molecule has 2 amide bonds. The average Bonchev–Trinajstić information content (AvgIpc) is 2.90. The summed E-state index contributed by atoms with van der Waals surface area (Å²) < 4.78 is 0. The summed E-state index contributed by atoms with van der Waals surface area (Å²) in [6.45, 7) is 7.35. The Morgan fingerprint density at radius 1 is 1.36 bits per heavy atom. The van der Waals surface area contributed by atoms with Gasteiger partial charge in [-0.3, -0.25) is 14.6 Å². The number of carbonyl (C=O) groups is 2. The van der Waals surface area contributed by atoms with Crippen molar-refractivity contribution in [1.29, 1.82) is 0 Å². The van der Waals surface area contributed by atoms with Crippen LogP contribution in [-0.2, 0) is 9.59 Å². The molecule has 0 saturated carbocycles. The van der Waals surface area contributed by atoms with E-state index in [9.17, 15) is 9.59 Å². The quantitative estimate of drug-likeness (QED) is 0.336. The molecule has 22 heavy (non-hydrogen) atoms. The standard InChI is InChI=1S/C14H27N5O2.HI/c1-5-13(21)19-7-6-11(9-19)18-14(15-4)16-8-12(20)17-10(2)3;/h10-11H,5-9H2,1-4H3,(H,17,20)(H2,15,16,18);1H. The minimum atomic E-state index is -0.0674. The van der Waals surface area contributed by atoms with E-state index in [4.69, 9.17) is 0 Å². The molecule has 0 spiro atoms. The molecular weight excluding hydrogens is 397 g/mol. The van der Waals surface area contributed by atoms with Crippen LogP contribution in [0.5, 0.6) is 0 Å². The first-order valence-electron chi connectivity index (χ1n) is 7.50. The van der Waals surface area contributed by atoms with Crippen molar-refractivity contribution in [3.05, 3.63) is 0 Å². The lowest BCUT2D eigenvalue weighted by Gasteiger charge is -2.18. The van der Waals surface area contributed by atoms with E-state index in [-0.39, 0.29) is 54.4 Å². The zero-order chi connectivity index (χ0) is 15.8. The molecule has 0 radical (unpaired) electrons. The molecule has 0 aliphatic carbocycles. The summed E-state index contributed by atoms with van der Waals surface area (Å²) in [5, 5.41) is 9.04. The highest BCUT2D eigenvalue weighted by molar-refractivity contribution is 14.0. The summed E-state index contributed by atoms with van der Waals surface area (Å²) in [5.41, 5.74) is 0. The van der Waals surface area contributed by atoms with E-state index < -0.39 is 0 Å². The molecule has 0 aromatic carbocycles. The van der Waals surface area contributed by atoms with Crippen molar-refractivity contribution in [1.82, 2.24) is 20.9 Å². The second-order valence-corrected chi connectivity index (χ2v) is 5.47. The second-order valence-electron chi connectivity index (χ2n) is 5.47. The highest BCUT2D eigenvalue weighted by atomic mass is 127. The smallest absolute Gasteiger partial charge is 0.239 e. The third-order valence-corrected chi connectivity index (χ3v) is 3.27. The maximum Gasteiger partial charge on any atom is 0.239 e. The Balaban J connectivity index is 0.00000441. The van der Waals surface area contributed by atoms with E-state index in [1.807, 2.05) is 25.7 Å². The Morgan fingerprint density at radius 3 is 2.59 bits per heavy atom. The number of carbonyl (C=O) groups excluding carboxylic acids is 2. The number of rotatable bonds is 5. The van der Waals surface area contributed by atoms with Gasteiger partial charge in [0.1, 0.15) is 0 Å². The molecule has 0 aromatic heterocycles. The molecule has 1 atom stereocenters. The number of halogens is 1. The van der Waals surface area contributed by atoms with Crippen molar-refractivity contribution in [2.45, 2.75) is 45.7 Å². The first kappa shape index (κ1) is 20.9. The number of aliphatic imine (C=N–C) groups is 1. The van der Waals surface area contributed by atoms with Crippen molar-refractivity contribution in [2.24, 2.45) is 4.99 Å². The largest absolute Gasteiger partial charge is 0.352 e.